The summed E-state index contributed by atoms with van der Waals surface area (Å²) in [6.45, 7) is 10.5. The fraction of sp³-hybridized carbons (Fsp3) is 0.345. The third-order valence-electron chi connectivity index (χ3n) is 7.84. The number of esters is 1. The maximum Gasteiger partial charge on any atom is 0.340 e. The second-order valence-electron chi connectivity index (χ2n) is 10.1. The molecule has 3 aromatic carbocycles. The summed E-state index contributed by atoms with van der Waals surface area (Å²) < 4.78 is 12.9. The molecule has 3 heterocycles. The number of hydrogen-bond donors (Lipinski definition) is 1. The first kappa shape index (κ1) is 21.2. The lowest BCUT2D eigenvalue weighted by atomic mass is 9.75. The highest BCUT2D eigenvalue weighted by molar-refractivity contribution is 5.97. The largest absolute Gasteiger partial charge is 0.456 e. The number of nitrogens with zero attached hydrogens (tertiary/aromatic N) is 1. The minimum Gasteiger partial charge on any atom is -0.456 e. The molecule has 34 heavy (non-hydrogen) atoms. The zero-order chi connectivity index (χ0) is 23.5. The van der Waals surface area contributed by atoms with Gasteiger partial charge in [0, 0.05) is 54.6 Å². The Kier molecular flexibility index (Phi) is 4.75. The van der Waals surface area contributed by atoms with Crippen molar-refractivity contribution < 1.29 is 14.3 Å². The Morgan fingerprint density at radius 3 is 2.41 bits per heavy atom. The minimum atomic E-state index is -1.01. The van der Waals surface area contributed by atoms with E-state index in [2.05, 4.69) is 67.4 Å². The molecule has 0 saturated carbocycles. The Balaban J connectivity index is 1.57. The van der Waals surface area contributed by atoms with E-state index >= 15 is 0 Å². The lowest BCUT2D eigenvalue weighted by molar-refractivity contribution is 0.0224. The van der Waals surface area contributed by atoms with Gasteiger partial charge in [-0.25, -0.2) is 4.79 Å². The van der Waals surface area contributed by atoms with Crippen LogP contribution in [-0.2, 0) is 15.8 Å². The molecule has 0 bridgehead atoms. The van der Waals surface area contributed by atoms with Gasteiger partial charge in [-0.3, -0.25) is 0 Å². The fourth-order valence-electron chi connectivity index (χ4n) is 5.41. The Morgan fingerprint density at radius 2 is 1.65 bits per heavy atom. The first-order valence-corrected chi connectivity index (χ1v) is 12.2. The highest BCUT2D eigenvalue weighted by Gasteiger charge is 2.53. The van der Waals surface area contributed by atoms with E-state index in [4.69, 9.17) is 9.47 Å². The first-order chi connectivity index (χ1) is 16.4. The number of carbonyl (C=O) groups excluding carboxylic acids is 1. The summed E-state index contributed by atoms with van der Waals surface area (Å²) in [6.07, 6.45) is 1.01. The topological polar surface area (TPSA) is 50.8 Å². The molecule has 3 aromatic rings. The second-order valence-corrected chi connectivity index (χ2v) is 10.1. The van der Waals surface area contributed by atoms with E-state index in [1.165, 1.54) is 5.56 Å². The van der Waals surface area contributed by atoms with Crippen molar-refractivity contribution in [3.63, 3.8) is 0 Å². The number of piperazine rings is 1. The lowest BCUT2D eigenvalue weighted by Crippen LogP contribution is -2.43. The van der Waals surface area contributed by atoms with Crippen LogP contribution in [-0.4, -0.2) is 32.1 Å². The van der Waals surface area contributed by atoms with E-state index in [-0.39, 0.29) is 11.4 Å². The molecule has 1 saturated heterocycles. The fourth-order valence-corrected chi connectivity index (χ4v) is 5.41. The molecule has 1 spiro atoms. The number of nitrogens with one attached hydrogen (secondary N) is 1. The standard InChI is InChI=1S/C29H30N2O3/c1-4-28(2,3)19-9-11-23-25(17-19)33-26-18-20(31-15-13-30-14-16-31)10-12-24(26)29(23)22-8-6-5-7-21(22)27(32)34-29/h5-12,17-18,30H,4,13-16H2,1-3H3. The van der Waals surface area contributed by atoms with Crippen LogP contribution in [0.25, 0.3) is 0 Å². The smallest absolute Gasteiger partial charge is 0.340 e. The molecule has 3 aliphatic rings. The van der Waals surface area contributed by atoms with Crippen LogP contribution in [0.5, 0.6) is 11.5 Å². The van der Waals surface area contributed by atoms with E-state index in [9.17, 15) is 4.79 Å². The van der Waals surface area contributed by atoms with Gasteiger partial charge >= 0.3 is 5.97 Å². The van der Waals surface area contributed by atoms with E-state index in [1.54, 1.807) is 0 Å². The van der Waals surface area contributed by atoms with Crippen molar-refractivity contribution in [1.29, 1.82) is 0 Å². The van der Waals surface area contributed by atoms with E-state index in [0.29, 0.717) is 5.56 Å². The predicted octanol–water partition coefficient (Wildman–Crippen LogP) is 5.35. The summed E-state index contributed by atoms with van der Waals surface area (Å²) in [7, 11) is 0. The maximum absolute atomic E-state index is 13.1. The number of carbonyl (C=O) groups is 1. The lowest BCUT2D eigenvalue weighted by Gasteiger charge is -2.38. The van der Waals surface area contributed by atoms with Crippen molar-refractivity contribution >= 4 is 11.7 Å². The molecular formula is C29H30N2O3. The Morgan fingerprint density at radius 1 is 0.941 bits per heavy atom. The van der Waals surface area contributed by atoms with Crippen LogP contribution in [0.4, 0.5) is 5.69 Å². The molecule has 0 radical (unpaired) electrons. The molecule has 1 fully saturated rings. The average molecular weight is 455 g/mol. The summed E-state index contributed by atoms with van der Waals surface area (Å²) in [5.41, 5.74) is 4.59. The Hall–Kier alpha value is -3.31. The number of ether oxygens (including phenoxy) is 2. The van der Waals surface area contributed by atoms with Crippen molar-refractivity contribution in [2.75, 3.05) is 31.1 Å². The van der Waals surface area contributed by atoms with Gasteiger partial charge in [-0.15, -0.1) is 0 Å². The molecule has 1 N–H and O–H groups in total. The quantitative estimate of drug-likeness (QED) is 0.541. The zero-order valence-corrected chi connectivity index (χ0v) is 20.0. The predicted molar refractivity (Wildman–Crippen MR) is 133 cm³/mol. The summed E-state index contributed by atoms with van der Waals surface area (Å²) >= 11 is 0. The summed E-state index contributed by atoms with van der Waals surface area (Å²) in [4.78, 5) is 15.4. The third-order valence-corrected chi connectivity index (χ3v) is 7.84. The van der Waals surface area contributed by atoms with E-state index in [0.717, 1.165) is 66.5 Å². The molecule has 6 rings (SSSR count). The van der Waals surface area contributed by atoms with Crippen LogP contribution < -0.4 is 15.0 Å². The number of rotatable bonds is 3. The molecule has 0 aromatic heterocycles. The molecular weight excluding hydrogens is 424 g/mol. The van der Waals surface area contributed by atoms with Crippen LogP contribution in [0.15, 0.2) is 60.7 Å². The van der Waals surface area contributed by atoms with Crippen LogP contribution in [0.1, 0.15) is 59.8 Å². The van der Waals surface area contributed by atoms with Crippen molar-refractivity contribution in [3.8, 4) is 11.5 Å². The SMILES string of the molecule is CCC(C)(C)c1ccc2c(c1)Oc1cc(N3CCNCC3)ccc1C21OC(=O)c2ccccc21. The number of benzene rings is 3. The molecule has 1 atom stereocenters. The monoisotopic (exact) mass is 454 g/mol. The van der Waals surface area contributed by atoms with Crippen molar-refractivity contribution in [3.05, 3.63) is 88.5 Å². The molecule has 174 valence electrons. The Bertz CT molecular complexity index is 1290. The van der Waals surface area contributed by atoms with Gasteiger partial charge in [0.15, 0.2) is 5.60 Å². The molecule has 0 amide bonds. The first-order valence-electron chi connectivity index (χ1n) is 12.2. The van der Waals surface area contributed by atoms with Crippen LogP contribution >= 0.6 is 0 Å². The zero-order valence-electron chi connectivity index (χ0n) is 20.0. The van der Waals surface area contributed by atoms with Crippen molar-refractivity contribution in [2.45, 2.75) is 38.2 Å². The normalized spacial score (nSPS) is 20.9. The van der Waals surface area contributed by atoms with Crippen LogP contribution in [0.3, 0.4) is 0 Å². The third kappa shape index (κ3) is 3.00. The number of anilines is 1. The van der Waals surface area contributed by atoms with Gasteiger partial charge in [-0.1, -0.05) is 51.1 Å². The molecule has 5 nitrogen and oxygen atoms in total. The van der Waals surface area contributed by atoms with Gasteiger partial charge in [-0.05, 0) is 41.7 Å². The average Bonchev–Trinajstić information content (AvgIpc) is 3.17. The van der Waals surface area contributed by atoms with Gasteiger partial charge in [0.05, 0.1) is 5.56 Å². The van der Waals surface area contributed by atoms with Crippen molar-refractivity contribution in [1.82, 2.24) is 5.32 Å². The van der Waals surface area contributed by atoms with Gasteiger partial charge in [-0.2, -0.15) is 0 Å². The van der Waals surface area contributed by atoms with Gasteiger partial charge in [0.1, 0.15) is 11.5 Å². The Labute approximate surface area is 200 Å². The highest BCUT2D eigenvalue weighted by Crippen LogP contribution is 2.57. The summed E-state index contributed by atoms with van der Waals surface area (Å²) in [6, 6.07) is 20.4. The van der Waals surface area contributed by atoms with Gasteiger partial charge in [0.25, 0.3) is 0 Å². The molecule has 1 unspecified atom stereocenters. The molecule has 5 heteroatoms. The molecule has 3 aliphatic heterocycles. The molecule has 0 aliphatic carbocycles. The summed E-state index contributed by atoms with van der Waals surface area (Å²) in [5, 5.41) is 3.41. The van der Waals surface area contributed by atoms with Gasteiger partial charge in [0.2, 0.25) is 0 Å². The maximum atomic E-state index is 13.1. The van der Waals surface area contributed by atoms with E-state index in [1.807, 2.05) is 24.3 Å². The second kappa shape index (κ2) is 7.60. The van der Waals surface area contributed by atoms with Gasteiger partial charge < -0.3 is 19.7 Å². The van der Waals surface area contributed by atoms with Crippen LogP contribution in [0.2, 0.25) is 0 Å². The number of hydrogen-bond acceptors (Lipinski definition) is 5. The number of fused-ring (bicyclic) bond motifs is 6. The van der Waals surface area contributed by atoms with E-state index < -0.39 is 5.60 Å². The highest BCUT2D eigenvalue weighted by atomic mass is 16.6. The summed E-state index contributed by atoms with van der Waals surface area (Å²) in [5.74, 6) is 1.21. The minimum absolute atomic E-state index is 0.0126. The van der Waals surface area contributed by atoms with Crippen molar-refractivity contribution in [2.24, 2.45) is 0 Å². The van der Waals surface area contributed by atoms with Crippen LogP contribution in [0, 0.1) is 0 Å².